The number of tetrazole rings is 1. The van der Waals surface area contributed by atoms with Crippen LogP contribution in [0.5, 0.6) is 5.75 Å². The van der Waals surface area contributed by atoms with Crippen molar-refractivity contribution < 1.29 is 4.74 Å². The van der Waals surface area contributed by atoms with Gasteiger partial charge >= 0.3 is 0 Å². The Morgan fingerprint density at radius 2 is 1.94 bits per heavy atom. The fourth-order valence-electron chi connectivity index (χ4n) is 5.59. The fourth-order valence-corrected chi connectivity index (χ4v) is 5.59. The van der Waals surface area contributed by atoms with Crippen LogP contribution in [-0.2, 0) is 6.42 Å². The predicted molar refractivity (Wildman–Crippen MR) is 130 cm³/mol. The summed E-state index contributed by atoms with van der Waals surface area (Å²) in [6.07, 6.45) is 6.53. The van der Waals surface area contributed by atoms with E-state index < -0.39 is 0 Å². The first kappa shape index (κ1) is 20.9. The highest BCUT2D eigenvalue weighted by atomic mass is 16.5. The van der Waals surface area contributed by atoms with Gasteiger partial charge in [-0.15, -0.1) is 5.10 Å². The van der Waals surface area contributed by atoms with E-state index in [4.69, 9.17) is 4.74 Å². The molecule has 0 unspecified atom stereocenters. The van der Waals surface area contributed by atoms with Crippen molar-refractivity contribution in [3.05, 3.63) is 75.8 Å². The Labute approximate surface area is 197 Å². The lowest BCUT2D eigenvalue weighted by Crippen LogP contribution is -2.38. The van der Waals surface area contributed by atoms with Crippen molar-refractivity contribution in [1.82, 2.24) is 25.2 Å². The number of para-hydroxylation sites is 1. The van der Waals surface area contributed by atoms with Gasteiger partial charge in [-0.2, -0.15) is 0 Å². The highest BCUT2D eigenvalue weighted by Gasteiger charge is 2.35. The quantitative estimate of drug-likeness (QED) is 0.485. The van der Waals surface area contributed by atoms with E-state index in [1.165, 1.54) is 18.4 Å². The summed E-state index contributed by atoms with van der Waals surface area (Å²) in [6, 6.07) is 16.1. The molecular weight excluding hydrogens is 428 g/mol. The van der Waals surface area contributed by atoms with Crippen LogP contribution in [-0.4, -0.2) is 38.8 Å². The Bertz CT molecular complexity index is 1390. The van der Waals surface area contributed by atoms with Gasteiger partial charge in [0, 0.05) is 23.9 Å². The van der Waals surface area contributed by atoms with Crippen molar-refractivity contribution in [3.8, 4) is 5.75 Å². The van der Waals surface area contributed by atoms with Crippen LogP contribution in [0.3, 0.4) is 0 Å². The standard InChI is InChI=1S/C26H28N6O2/c1-34-20-13-12-18-15-21(26(33)27-22(18)16-20)24(25-28-29-30-32(25)19-9-3-4-10-19)31-14-6-8-17-7-2-5-11-23(17)31/h2,5,7,11-13,15-16,19,24H,3-4,6,8-10,14H2,1H3,(H,27,33)/t24-/m0/s1. The van der Waals surface area contributed by atoms with Crippen molar-refractivity contribution in [1.29, 1.82) is 0 Å². The summed E-state index contributed by atoms with van der Waals surface area (Å²) >= 11 is 0. The molecule has 1 N–H and O–H groups in total. The summed E-state index contributed by atoms with van der Waals surface area (Å²) in [5.74, 6) is 1.45. The van der Waals surface area contributed by atoms with Crippen LogP contribution in [0.1, 0.15) is 61.1 Å². The fraction of sp³-hybridized carbons (Fsp3) is 0.385. The number of fused-ring (bicyclic) bond motifs is 2. The average molecular weight is 457 g/mol. The van der Waals surface area contributed by atoms with Crippen molar-refractivity contribution >= 4 is 16.6 Å². The van der Waals surface area contributed by atoms with Gasteiger partial charge < -0.3 is 14.6 Å². The maximum atomic E-state index is 13.6. The van der Waals surface area contributed by atoms with E-state index in [9.17, 15) is 4.79 Å². The third-order valence-electron chi connectivity index (χ3n) is 7.27. The molecule has 0 amide bonds. The Morgan fingerprint density at radius 1 is 1.09 bits per heavy atom. The maximum absolute atomic E-state index is 13.6. The molecule has 2 aromatic heterocycles. The van der Waals surface area contributed by atoms with Crippen LogP contribution in [0, 0.1) is 0 Å². The second-order valence-electron chi connectivity index (χ2n) is 9.26. The van der Waals surface area contributed by atoms with Crippen molar-refractivity contribution in [3.63, 3.8) is 0 Å². The number of anilines is 1. The normalized spacial score (nSPS) is 17.1. The zero-order valence-corrected chi connectivity index (χ0v) is 19.3. The number of rotatable bonds is 5. The lowest BCUT2D eigenvalue weighted by molar-refractivity contribution is 0.415. The number of benzene rings is 2. The van der Waals surface area contributed by atoms with Gasteiger partial charge in [0.1, 0.15) is 11.8 Å². The molecule has 2 aliphatic rings. The zero-order chi connectivity index (χ0) is 23.1. The molecule has 3 heterocycles. The second-order valence-corrected chi connectivity index (χ2v) is 9.26. The van der Waals surface area contributed by atoms with Crippen LogP contribution in [0.15, 0.2) is 53.3 Å². The summed E-state index contributed by atoms with van der Waals surface area (Å²) in [5, 5.41) is 14.0. The summed E-state index contributed by atoms with van der Waals surface area (Å²) in [6.45, 7) is 0.833. The molecular formula is C26H28N6O2. The van der Waals surface area contributed by atoms with Crippen LogP contribution in [0.25, 0.3) is 10.9 Å². The molecule has 1 atom stereocenters. The van der Waals surface area contributed by atoms with Gasteiger partial charge in [-0.1, -0.05) is 31.0 Å². The highest BCUT2D eigenvalue weighted by Crippen LogP contribution is 2.39. The SMILES string of the molecule is COc1ccc2cc([C@@H](c3nnnn3C3CCCC3)N3CCCc4ccccc43)c(=O)[nH]c2c1. The minimum Gasteiger partial charge on any atom is -0.497 e. The highest BCUT2D eigenvalue weighted by molar-refractivity contribution is 5.81. The smallest absolute Gasteiger partial charge is 0.254 e. The number of pyridine rings is 1. The third-order valence-corrected chi connectivity index (χ3v) is 7.27. The van der Waals surface area contributed by atoms with Crippen molar-refractivity contribution in [2.45, 2.75) is 50.6 Å². The molecule has 174 valence electrons. The van der Waals surface area contributed by atoms with E-state index in [2.05, 4.69) is 49.7 Å². The van der Waals surface area contributed by atoms with Gasteiger partial charge in [-0.05, 0) is 71.3 Å². The molecule has 1 aliphatic heterocycles. The van der Waals surface area contributed by atoms with Crippen LogP contribution >= 0.6 is 0 Å². The molecule has 1 saturated carbocycles. The van der Waals surface area contributed by atoms with E-state index in [1.54, 1.807) is 7.11 Å². The minimum absolute atomic E-state index is 0.130. The molecule has 0 saturated heterocycles. The number of nitrogens with zero attached hydrogens (tertiary/aromatic N) is 5. The van der Waals surface area contributed by atoms with Gasteiger partial charge in [0.2, 0.25) is 0 Å². The number of ether oxygens (including phenoxy) is 1. The molecule has 4 aromatic rings. The van der Waals surface area contributed by atoms with E-state index in [-0.39, 0.29) is 17.6 Å². The van der Waals surface area contributed by atoms with Gasteiger partial charge in [0.05, 0.1) is 18.7 Å². The van der Waals surface area contributed by atoms with E-state index in [1.807, 2.05) is 28.9 Å². The Kier molecular flexibility index (Phi) is 5.28. The molecule has 1 aliphatic carbocycles. The van der Waals surface area contributed by atoms with Gasteiger partial charge in [-0.25, -0.2) is 4.68 Å². The van der Waals surface area contributed by atoms with Crippen LogP contribution < -0.4 is 15.2 Å². The number of hydrogen-bond acceptors (Lipinski definition) is 6. The third kappa shape index (κ3) is 3.54. The summed E-state index contributed by atoms with van der Waals surface area (Å²) in [7, 11) is 1.63. The van der Waals surface area contributed by atoms with E-state index >= 15 is 0 Å². The summed E-state index contributed by atoms with van der Waals surface area (Å²) in [4.78, 5) is 19.0. The molecule has 6 rings (SSSR count). The number of H-pyrrole nitrogens is 1. The molecule has 34 heavy (non-hydrogen) atoms. The van der Waals surface area contributed by atoms with E-state index in [0.717, 1.165) is 54.6 Å². The Morgan fingerprint density at radius 3 is 2.79 bits per heavy atom. The first-order valence-electron chi connectivity index (χ1n) is 12.1. The molecule has 8 nitrogen and oxygen atoms in total. The molecule has 8 heteroatoms. The minimum atomic E-state index is -0.382. The maximum Gasteiger partial charge on any atom is 0.254 e. The number of aromatic amines is 1. The second kappa shape index (κ2) is 8.59. The molecule has 2 aromatic carbocycles. The number of aryl methyl sites for hydroxylation is 1. The van der Waals surface area contributed by atoms with E-state index in [0.29, 0.717) is 11.3 Å². The van der Waals surface area contributed by atoms with Gasteiger partial charge in [0.15, 0.2) is 5.82 Å². The number of hydrogen-bond donors (Lipinski definition) is 1. The summed E-state index contributed by atoms with van der Waals surface area (Å²) < 4.78 is 7.32. The molecule has 0 bridgehead atoms. The van der Waals surface area contributed by atoms with Crippen molar-refractivity contribution in [2.75, 3.05) is 18.6 Å². The number of methoxy groups -OCH3 is 1. The topological polar surface area (TPSA) is 88.9 Å². The lowest BCUT2D eigenvalue weighted by atomic mass is 9.96. The molecule has 0 radical (unpaired) electrons. The first-order chi connectivity index (χ1) is 16.7. The summed E-state index contributed by atoms with van der Waals surface area (Å²) in [5.41, 5.74) is 3.72. The predicted octanol–water partition coefficient (Wildman–Crippen LogP) is 4.18. The average Bonchev–Trinajstić information content (AvgIpc) is 3.57. The van der Waals surface area contributed by atoms with Gasteiger partial charge in [0.25, 0.3) is 5.56 Å². The molecule has 0 spiro atoms. The van der Waals surface area contributed by atoms with Crippen LogP contribution in [0.2, 0.25) is 0 Å². The van der Waals surface area contributed by atoms with Crippen LogP contribution in [0.4, 0.5) is 5.69 Å². The number of aromatic nitrogens is 5. The first-order valence-corrected chi connectivity index (χ1v) is 12.1. The zero-order valence-electron chi connectivity index (χ0n) is 19.3. The largest absolute Gasteiger partial charge is 0.497 e. The van der Waals surface area contributed by atoms with Gasteiger partial charge in [-0.3, -0.25) is 4.79 Å². The van der Waals surface area contributed by atoms with Crippen molar-refractivity contribution in [2.24, 2.45) is 0 Å². The molecule has 1 fully saturated rings. The Balaban J connectivity index is 1.55. The number of nitrogens with one attached hydrogen (secondary N) is 1. The Hall–Kier alpha value is -3.68. The lowest BCUT2D eigenvalue weighted by Gasteiger charge is -2.37. The monoisotopic (exact) mass is 456 g/mol.